The number of fused-ring (bicyclic) bond motifs is 4. The lowest BCUT2D eigenvalue weighted by Crippen LogP contribution is -2.54. The first-order chi connectivity index (χ1) is 13.7. The van der Waals surface area contributed by atoms with Crippen LogP contribution < -0.4 is 21.3 Å². The minimum Gasteiger partial charge on any atom is -0.311 e. The Hall–Kier alpha value is -1.01. The second-order valence-corrected chi connectivity index (χ2v) is 9.17. The van der Waals surface area contributed by atoms with Crippen LogP contribution in [0.3, 0.4) is 0 Å². The summed E-state index contributed by atoms with van der Waals surface area (Å²) in [6.07, 6.45) is 10.4. The largest absolute Gasteiger partial charge is 0.311 e. The van der Waals surface area contributed by atoms with Gasteiger partial charge in [0.15, 0.2) is 0 Å². The normalized spacial score (nSPS) is 37.8. The first-order valence-electron chi connectivity index (χ1n) is 11.7. The van der Waals surface area contributed by atoms with Crippen LogP contribution in [-0.2, 0) is 0 Å². The van der Waals surface area contributed by atoms with E-state index >= 15 is 0 Å². The molecule has 4 N–H and O–H groups in total. The summed E-state index contributed by atoms with van der Waals surface area (Å²) >= 11 is 0. The van der Waals surface area contributed by atoms with Crippen molar-refractivity contribution >= 4 is 0 Å². The first kappa shape index (κ1) is 20.3. The van der Waals surface area contributed by atoms with E-state index in [0.717, 1.165) is 13.1 Å². The highest BCUT2D eigenvalue weighted by Gasteiger charge is 2.29. The number of nitrogens with zero attached hydrogens (tertiary/aromatic N) is 1. The molecular formula is C23H39N5. The van der Waals surface area contributed by atoms with Gasteiger partial charge in [-0.3, -0.25) is 4.98 Å². The zero-order valence-electron chi connectivity index (χ0n) is 17.7. The molecule has 2 heterocycles. The molecule has 2 fully saturated rings. The number of hydrogen-bond donors (Lipinski definition) is 4. The van der Waals surface area contributed by atoms with Gasteiger partial charge in [0.25, 0.3) is 0 Å². The van der Waals surface area contributed by atoms with Gasteiger partial charge < -0.3 is 21.3 Å². The van der Waals surface area contributed by atoms with Gasteiger partial charge in [-0.1, -0.05) is 31.7 Å². The molecule has 0 spiro atoms. The fourth-order valence-electron chi connectivity index (χ4n) is 5.43. The van der Waals surface area contributed by atoms with E-state index in [0.29, 0.717) is 24.2 Å². The lowest BCUT2D eigenvalue weighted by Gasteiger charge is -2.36. The van der Waals surface area contributed by atoms with Crippen LogP contribution in [-0.4, -0.2) is 42.2 Å². The van der Waals surface area contributed by atoms with Crippen molar-refractivity contribution in [2.75, 3.05) is 13.1 Å². The van der Waals surface area contributed by atoms with Gasteiger partial charge in [0, 0.05) is 49.3 Å². The summed E-state index contributed by atoms with van der Waals surface area (Å²) < 4.78 is 0. The third kappa shape index (κ3) is 4.93. The van der Waals surface area contributed by atoms with Gasteiger partial charge in [0.05, 0.1) is 11.4 Å². The van der Waals surface area contributed by atoms with E-state index in [4.69, 9.17) is 4.98 Å². The molecule has 1 aromatic heterocycles. The molecule has 156 valence electrons. The van der Waals surface area contributed by atoms with Crippen LogP contribution in [0.2, 0.25) is 0 Å². The minimum absolute atomic E-state index is 0.283. The van der Waals surface area contributed by atoms with E-state index < -0.39 is 0 Å². The third-order valence-electron chi connectivity index (χ3n) is 7.08. The predicted molar refractivity (Wildman–Crippen MR) is 115 cm³/mol. The second kappa shape index (κ2) is 9.66. The SMILES string of the molecule is C[C@@H]1NC2CCCCC2NCCN[C@@H]2CCCC[C@H]2N[C@@H](C)c2cccc1n2. The molecule has 2 unspecified atom stereocenters. The molecule has 1 aliphatic heterocycles. The van der Waals surface area contributed by atoms with Gasteiger partial charge in [-0.05, 0) is 51.7 Å². The fraction of sp³-hybridized carbons (Fsp3) is 0.783. The van der Waals surface area contributed by atoms with E-state index in [9.17, 15) is 0 Å². The fourth-order valence-corrected chi connectivity index (χ4v) is 5.43. The van der Waals surface area contributed by atoms with Crippen molar-refractivity contribution in [2.24, 2.45) is 0 Å². The molecule has 5 nitrogen and oxygen atoms in total. The first-order valence-corrected chi connectivity index (χ1v) is 11.7. The van der Waals surface area contributed by atoms with E-state index in [2.05, 4.69) is 53.3 Å². The standard InChI is InChI=1S/C23H39N5/c1-16-18-12-7-13-19(28-18)17(2)27-23-11-6-4-9-21(23)25-15-14-24-20-8-3-5-10-22(20)26-16/h7,12-13,16-17,20-27H,3-6,8-11,14-15H2,1-2H3/t16-,17-,20+,21?,22+,23?/m0/s1. The monoisotopic (exact) mass is 385 g/mol. The third-order valence-corrected chi connectivity index (χ3v) is 7.08. The van der Waals surface area contributed by atoms with Gasteiger partial charge >= 0.3 is 0 Å². The second-order valence-electron chi connectivity index (χ2n) is 9.17. The van der Waals surface area contributed by atoms with Crippen molar-refractivity contribution in [2.45, 2.75) is 101 Å². The van der Waals surface area contributed by atoms with E-state index in [1.165, 1.54) is 62.8 Å². The van der Waals surface area contributed by atoms with Crippen molar-refractivity contribution in [1.29, 1.82) is 0 Å². The average Bonchev–Trinajstić information content (AvgIpc) is 2.73. The zero-order valence-corrected chi connectivity index (χ0v) is 17.7. The molecule has 4 rings (SSSR count). The molecule has 3 aliphatic rings. The Labute approximate surface area is 170 Å². The average molecular weight is 386 g/mol. The Bertz CT molecular complexity index is 572. The Kier molecular flexibility index (Phi) is 6.99. The minimum atomic E-state index is 0.283. The molecule has 2 bridgehead atoms. The maximum Gasteiger partial charge on any atom is 0.0574 e. The highest BCUT2D eigenvalue weighted by Crippen LogP contribution is 2.24. The molecule has 5 heteroatoms. The molecule has 0 amide bonds. The number of pyridine rings is 1. The molecule has 2 saturated carbocycles. The highest BCUT2D eigenvalue weighted by atomic mass is 15.1. The van der Waals surface area contributed by atoms with Crippen LogP contribution in [0.5, 0.6) is 0 Å². The lowest BCUT2D eigenvalue weighted by atomic mass is 9.89. The maximum absolute atomic E-state index is 5.06. The Morgan fingerprint density at radius 2 is 1.11 bits per heavy atom. The summed E-state index contributed by atoms with van der Waals surface area (Å²) in [6.45, 7) is 6.66. The highest BCUT2D eigenvalue weighted by molar-refractivity contribution is 5.17. The van der Waals surface area contributed by atoms with Gasteiger partial charge in [-0.2, -0.15) is 0 Å². The Morgan fingerprint density at radius 1 is 0.679 bits per heavy atom. The van der Waals surface area contributed by atoms with Gasteiger partial charge in [-0.15, -0.1) is 0 Å². The Balaban J connectivity index is 1.56. The van der Waals surface area contributed by atoms with Crippen molar-refractivity contribution in [3.05, 3.63) is 29.6 Å². The van der Waals surface area contributed by atoms with Crippen LogP contribution in [0.25, 0.3) is 0 Å². The van der Waals surface area contributed by atoms with Crippen molar-refractivity contribution in [3.63, 3.8) is 0 Å². The van der Waals surface area contributed by atoms with Crippen molar-refractivity contribution in [1.82, 2.24) is 26.3 Å². The molecule has 0 saturated heterocycles. The number of nitrogens with one attached hydrogen (secondary N) is 4. The summed E-state index contributed by atoms with van der Waals surface area (Å²) in [5, 5.41) is 15.5. The molecule has 28 heavy (non-hydrogen) atoms. The van der Waals surface area contributed by atoms with Gasteiger partial charge in [0.1, 0.15) is 0 Å². The molecule has 2 aliphatic carbocycles. The lowest BCUT2D eigenvalue weighted by molar-refractivity contribution is 0.254. The van der Waals surface area contributed by atoms with E-state index in [1.54, 1.807) is 0 Å². The smallest absolute Gasteiger partial charge is 0.0574 e. The maximum atomic E-state index is 5.06. The van der Waals surface area contributed by atoms with Crippen LogP contribution in [0.1, 0.15) is 88.7 Å². The van der Waals surface area contributed by atoms with Crippen LogP contribution in [0.15, 0.2) is 18.2 Å². The topological polar surface area (TPSA) is 61.0 Å². The molecule has 0 radical (unpaired) electrons. The molecular weight excluding hydrogens is 346 g/mol. The number of rotatable bonds is 0. The summed E-state index contributed by atoms with van der Waals surface area (Å²) in [5.41, 5.74) is 2.34. The summed E-state index contributed by atoms with van der Waals surface area (Å²) in [5.74, 6) is 0. The quantitative estimate of drug-likeness (QED) is 0.552. The van der Waals surface area contributed by atoms with E-state index in [-0.39, 0.29) is 12.1 Å². The molecule has 0 aromatic carbocycles. The molecule has 6 atom stereocenters. The van der Waals surface area contributed by atoms with Crippen LogP contribution in [0.4, 0.5) is 0 Å². The van der Waals surface area contributed by atoms with Gasteiger partial charge in [-0.25, -0.2) is 0 Å². The zero-order chi connectivity index (χ0) is 19.3. The predicted octanol–water partition coefficient (Wildman–Crippen LogP) is 3.20. The number of hydrogen-bond acceptors (Lipinski definition) is 5. The van der Waals surface area contributed by atoms with E-state index in [1.807, 2.05) is 0 Å². The van der Waals surface area contributed by atoms with Crippen LogP contribution in [0, 0.1) is 0 Å². The van der Waals surface area contributed by atoms with Crippen molar-refractivity contribution < 1.29 is 0 Å². The summed E-state index contributed by atoms with van der Waals surface area (Å²) in [4.78, 5) is 5.06. The summed E-state index contributed by atoms with van der Waals surface area (Å²) in [7, 11) is 0. The summed E-state index contributed by atoms with van der Waals surface area (Å²) in [6, 6.07) is 9.34. The van der Waals surface area contributed by atoms with Gasteiger partial charge in [0.2, 0.25) is 0 Å². The van der Waals surface area contributed by atoms with Crippen molar-refractivity contribution in [3.8, 4) is 0 Å². The Morgan fingerprint density at radius 3 is 1.57 bits per heavy atom. The molecule has 1 aromatic rings. The van der Waals surface area contributed by atoms with Crippen LogP contribution >= 0.6 is 0 Å². The number of aromatic nitrogens is 1.